The summed E-state index contributed by atoms with van der Waals surface area (Å²) in [5.74, 6) is 0.585. The summed E-state index contributed by atoms with van der Waals surface area (Å²) in [5, 5.41) is 4.37. The van der Waals surface area contributed by atoms with Crippen LogP contribution in [0.3, 0.4) is 0 Å². The third-order valence-electron chi connectivity index (χ3n) is 5.88. The number of nitrogens with one attached hydrogen (secondary N) is 1. The van der Waals surface area contributed by atoms with Gasteiger partial charge in [0.25, 0.3) is 5.91 Å². The topological polar surface area (TPSA) is 64.4 Å². The average Bonchev–Trinajstić information content (AvgIpc) is 3.33. The molecule has 1 fully saturated rings. The van der Waals surface area contributed by atoms with Gasteiger partial charge in [0.2, 0.25) is 0 Å². The van der Waals surface area contributed by atoms with Crippen molar-refractivity contribution in [2.75, 3.05) is 7.11 Å². The van der Waals surface area contributed by atoms with E-state index in [1.807, 2.05) is 31.2 Å². The first-order valence-corrected chi connectivity index (χ1v) is 9.99. The third-order valence-corrected chi connectivity index (χ3v) is 5.88. The summed E-state index contributed by atoms with van der Waals surface area (Å²) in [6.45, 7) is 1.94. The van der Waals surface area contributed by atoms with E-state index in [2.05, 4.69) is 28.5 Å². The van der Waals surface area contributed by atoms with Gasteiger partial charge >= 0.3 is 0 Å². The summed E-state index contributed by atoms with van der Waals surface area (Å²) in [4.78, 5) is 17.8. The maximum atomic E-state index is 13.2. The Labute approximate surface area is 174 Å². The smallest absolute Gasteiger partial charge is 0.252 e. The summed E-state index contributed by atoms with van der Waals surface area (Å²) in [7, 11) is 1.61. The quantitative estimate of drug-likeness (QED) is 0.500. The van der Waals surface area contributed by atoms with Gasteiger partial charge in [-0.15, -0.1) is 0 Å². The number of carbonyl (C=O) groups excluding carboxylic acids is 1. The van der Waals surface area contributed by atoms with Gasteiger partial charge in [0.15, 0.2) is 0 Å². The van der Waals surface area contributed by atoms with Crippen molar-refractivity contribution in [3.63, 3.8) is 0 Å². The number of ether oxygens (including phenoxy) is 1. The van der Waals surface area contributed by atoms with Crippen LogP contribution in [0.4, 0.5) is 0 Å². The zero-order chi connectivity index (χ0) is 20.7. The largest absolute Gasteiger partial charge is 0.497 e. The first-order chi connectivity index (χ1) is 14.6. The van der Waals surface area contributed by atoms with Crippen molar-refractivity contribution in [2.45, 2.75) is 25.3 Å². The Morgan fingerprint density at radius 3 is 2.73 bits per heavy atom. The molecule has 0 bridgehead atoms. The number of aromatic nitrogens is 1. The molecule has 2 aromatic heterocycles. The first kappa shape index (κ1) is 18.4. The molecule has 4 aromatic rings. The van der Waals surface area contributed by atoms with Crippen LogP contribution in [0.15, 0.2) is 71.7 Å². The molecule has 5 heteroatoms. The fraction of sp³-hybridized carbons (Fsp3) is 0.200. The number of pyridine rings is 1. The lowest BCUT2D eigenvalue weighted by Crippen LogP contribution is -2.35. The summed E-state index contributed by atoms with van der Waals surface area (Å²) >= 11 is 0. The van der Waals surface area contributed by atoms with Gasteiger partial charge in [-0.3, -0.25) is 9.78 Å². The Morgan fingerprint density at radius 1 is 1.13 bits per heavy atom. The lowest BCUT2D eigenvalue weighted by atomic mass is 9.94. The number of benzene rings is 2. The molecule has 1 aliphatic rings. The molecular weight excluding hydrogens is 376 g/mol. The minimum atomic E-state index is -0.395. The van der Waals surface area contributed by atoms with Crippen molar-refractivity contribution in [3.8, 4) is 16.9 Å². The van der Waals surface area contributed by atoms with Gasteiger partial charge in [-0.1, -0.05) is 12.1 Å². The zero-order valence-electron chi connectivity index (χ0n) is 16.9. The van der Waals surface area contributed by atoms with E-state index in [1.165, 1.54) is 0 Å². The summed E-state index contributed by atoms with van der Waals surface area (Å²) in [5.41, 5.74) is 5.19. The van der Waals surface area contributed by atoms with Crippen molar-refractivity contribution in [1.82, 2.24) is 10.3 Å². The van der Waals surface area contributed by atoms with Crippen LogP contribution in [0.5, 0.6) is 5.75 Å². The Bertz CT molecular complexity index is 1240. The highest BCUT2D eigenvalue weighted by molar-refractivity contribution is 5.98. The second kappa shape index (κ2) is 7.02. The van der Waals surface area contributed by atoms with Crippen LogP contribution < -0.4 is 10.1 Å². The highest BCUT2D eigenvalue weighted by Gasteiger charge is 2.47. The number of furan rings is 1. The van der Waals surface area contributed by atoms with Gasteiger partial charge in [0.1, 0.15) is 5.75 Å². The lowest BCUT2D eigenvalue weighted by molar-refractivity contribution is 0.0930. The second-order valence-corrected chi connectivity index (χ2v) is 7.82. The van der Waals surface area contributed by atoms with E-state index in [0.717, 1.165) is 46.0 Å². The highest BCUT2D eigenvalue weighted by atomic mass is 16.5. The number of nitrogens with zero attached hydrogens (tertiary/aromatic N) is 1. The van der Waals surface area contributed by atoms with E-state index in [9.17, 15) is 4.79 Å². The number of aryl methyl sites for hydroxylation is 1. The molecule has 1 amide bonds. The van der Waals surface area contributed by atoms with E-state index in [0.29, 0.717) is 11.3 Å². The number of rotatable bonds is 5. The lowest BCUT2D eigenvalue weighted by Gasteiger charge is -2.22. The van der Waals surface area contributed by atoms with Crippen molar-refractivity contribution < 1.29 is 13.9 Å². The fourth-order valence-corrected chi connectivity index (χ4v) is 4.02. The average molecular weight is 398 g/mol. The molecule has 0 atom stereocenters. The van der Waals surface area contributed by atoms with E-state index >= 15 is 0 Å². The van der Waals surface area contributed by atoms with Gasteiger partial charge in [-0.05, 0) is 72.9 Å². The van der Waals surface area contributed by atoms with Crippen molar-refractivity contribution in [3.05, 3.63) is 83.9 Å². The van der Waals surface area contributed by atoms with Gasteiger partial charge in [-0.2, -0.15) is 0 Å². The molecule has 30 heavy (non-hydrogen) atoms. The number of amides is 1. The highest BCUT2D eigenvalue weighted by Crippen LogP contribution is 2.49. The second-order valence-electron chi connectivity index (χ2n) is 7.82. The van der Waals surface area contributed by atoms with Gasteiger partial charge in [-0.25, -0.2) is 0 Å². The summed E-state index contributed by atoms with van der Waals surface area (Å²) in [6.07, 6.45) is 6.97. The molecule has 1 N–H and O–H groups in total. The van der Waals surface area contributed by atoms with Crippen LogP contribution >= 0.6 is 0 Å². The van der Waals surface area contributed by atoms with E-state index in [1.54, 1.807) is 31.9 Å². The predicted molar refractivity (Wildman–Crippen MR) is 116 cm³/mol. The van der Waals surface area contributed by atoms with Crippen molar-refractivity contribution in [1.29, 1.82) is 0 Å². The predicted octanol–water partition coefficient (Wildman–Crippen LogP) is 5.23. The van der Waals surface area contributed by atoms with Crippen LogP contribution in [0.1, 0.15) is 34.3 Å². The van der Waals surface area contributed by atoms with Crippen LogP contribution in [-0.2, 0) is 5.54 Å². The van der Waals surface area contributed by atoms with Crippen LogP contribution in [0.2, 0.25) is 0 Å². The minimum Gasteiger partial charge on any atom is -0.497 e. The third kappa shape index (κ3) is 3.12. The molecule has 1 aliphatic carbocycles. The van der Waals surface area contributed by atoms with Crippen LogP contribution in [0, 0.1) is 6.92 Å². The molecule has 1 saturated carbocycles. The Balaban J connectivity index is 1.57. The molecule has 5 rings (SSSR count). The normalized spacial score (nSPS) is 14.5. The van der Waals surface area contributed by atoms with E-state index in [-0.39, 0.29) is 5.91 Å². The molecule has 0 saturated heterocycles. The SMILES string of the molecule is COc1ccc(C)c(C(=O)NC2(c3cc(-c4ccoc4)cc4ncccc34)CC2)c1. The number of hydrogen-bond acceptors (Lipinski definition) is 4. The van der Waals surface area contributed by atoms with Crippen LogP contribution in [0.25, 0.3) is 22.0 Å². The van der Waals surface area contributed by atoms with Gasteiger partial charge in [0.05, 0.1) is 30.7 Å². The number of methoxy groups -OCH3 is 1. The van der Waals surface area contributed by atoms with E-state index in [4.69, 9.17) is 9.15 Å². The standard InChI is InChI=1S/C25H22N2O3/c1-16-5-6-19(29-2)14-21(16)24(28)27-25(8-9-25)22-12-18(17-7-11-30-15-17)13-23-20(22)4-3-10-26-23/h3-7,10-15H,8-9H2,1-2H3,(H,27,28). The fourth-order valence-electron chi connectivity index (χ4n) is 4.02. The molecule has 5 nitrogen and oxygen atoms in total. The molecular formula is C25H22N2O3. The zero-order valence-corrected chi connectivity index (χ0v) is 16.9. The van der Waals surface area contributed by atoms with Gasteiger partial charge < -0.3 is 14.5 Å². The summed E-state index contributed by atoms with van der Waals surface area (Å²) < 4.78 is 10.6. The van der Waals surface area contributed by atoms with Gasteiger partial charge in [0, 0.05) is 22.7 Å². The Kier molecular flexibility index (Phi) is 4.31. The maximum Gasteiger partial charge on any atom is 0.252 e. The number of hydrogen-bond donors (Lipinski definition) is 1. The maximum absolute atomic E-state index is 13.2. The monoisotopic (exact) mass is 398 g/mol. The van der Waals surface area contributed by atoms with E-state index < -0.39 is 5.54 Å². The molecule has 0 unspecified atom stereocenters. The first-order valence-electron chi connectivity index (χ1n) is 9.99. The molecule has 0 spiro atoms. The molecule has 0 radical (unpaired) electrons. The van der Waals surface area contributed by atoms with Crippen LogP contribution in [-0.4, -0.2) is 18.0 Å². The van der Waals surface area contributed by atoms with Crippen molar-refractivity contribution >= 4 is 16.8 Å². The molecule has 0 aliphatic heterocycles. The molecule has 2 heterocycles. The minimum absolute atomic E-state index is 0.0883. The molecule has 2 aromatic carbocycles. The Hall–Kier alpha value is -3.60. The number of fused-ring (bicyclic) bond motifs is 1. The molecule has 150 valence electrons. The summed E-state index contributed by atoms with van der Waals surface area (Å²) in [6, 6.07) is 15.7. The van der Waals surface area contributed by atoms with Crippen molar-refractivity contribution in [2.24, 2.45) is 0 Å². The number of carbonyl (C=O) groups is 1. The Morgan fingerprint density at radius 2 is 2.00 bits per heavy atom.